The lowest BCUT2D eigenvalue weighted by molar-refractivity contribution is 0.0992. The Hall–Kier alpha value is -2.16. The highest BCUT2D eigenvalue weighted by Gasteiger charge is 2.07. The van der Waals surface area contributed by atoms with Gasteiger partial charge in [-0.25, -0.2) is 0 Å². The Labute approximate surface area is 93.9 Å². The van der Waals surface area contributed by atoms with Gasteiger partial charge in [0.25, 0.3) is 0 Å². The van der Waals surface area contributed by atoms with Crippen LogP contribution in [0.1, 0.15) is 16.1 Å². The van der Waals surface area contributed by atoms with Crippen molar-refractivity contribution in [3.8, 4) is 0 Å². The Morgan fingerprint density at radius 2 is 1.94 bits per heavy atom. The van der Waals surface area contributed by atoms with Gasteiger partial charge in [0.15, 0.2) is 5.78 Å². The van der Waals surface area contributed by atoms with Crippen molar-refractivity contribution < 1.29 is 4.79 Å². The van der Waals surface area contributed by atoms with E-state index in [1.54, 1.807) is 30.5 Å². The van der Waals surface area contributed by atoms with Gasteiger partial charge in [0.1, 0.15) is 0 Å². The molecule has 2 N–H and O–H groups in total. The van der Waals surface area contributed by atoms with Crippen molar-refractivity contribution in [3.05, 3.63) is 59.9 Å². The van der Waals surface area contributed by atoms with E-state index in [0.29, 0.717) is 16.9 Å². The van der Waals surface area contributed by atoms with Gasteiger partial charge >= 0.3 is 0 Å². The molecule has 0 aliphatic rings. The first-order valence-electron chi connectivity index (χ1n) is 5.04. The molecule has 0 bridgehead atoms. The fourth-order valence-corrected chi connectivity index (χ4v) is 1.48. The Morgan fingerprint density at radius 3 is 2.62 bits per heavy atom. The summed E-state index contributed by atoms with van der Waals surface area (Å²) in [5, 5.41) is 0. The second-order valence-corrected chi connectivity index (χ2v) is 3.55. The Kier molecular flexibility index (Phi) is 2.96. The van der Waals surface area contributed by atoms with Crippen molar-refractivity contribution in [1.29, 1.82) is 0 Å². The fraction of sp³-hybridized carbons (Fsp3) is 0.0769. The van der Waals surface area contributed by atoms with Gasteiger partial charge in [0.2, 0.25) is 0 Å². The summed E-state index contributed by atoms with van der Waals surface area (Å²) in [5.74, 6) is 0.0544. The molecule has 0 fully saturated rings. The van der Waals surface area contributed by atoms with Gasteiger partial charge in [-0.2, -0.15) is 0 Å². The van der Waals surface area contributed by atoms with Gasteiger partial charge in [0.05, 0.1) is 12.1 Å². The first kappa shape index (κ1) is 10.4. The van der Waals surface area contributed by atoms with Crippen molar-refractivity contribution in [2.24, 2.45) is 0 Å². The largest absolute Gasteiger partial charge is 0.399 e. The number of aromatic nitrogens is 1. The Balaban J connectivity index is 2.14. The maximum Gasteiger partial charge on any atom is 0.168 e. The molecule has 1 aromatic heterocycles. The predicted molar refractivity (Wildman–Crippen MR) is 63.1 cm³/mol. The highest BCUT2D eigenvalue weighted by molar-refractivity contribution is 5.97. The highest BCUT2D eigenvalue weighted by atomic mass is 16.1. The minimum atomic E-state index is 0.0544. The molecule has 3 heteroatoms. The van der Waals surface area contributed by atoms with Crippen LogP contribution in [0, 0.1) is 0 Å². The molecule has 1 heterocycles. The number of rotatable bonds is 3. The summed E-state index contributed by atoms with van der Waals surface area (Å²) in [6, 6.07) is 12.6. The maximum absolute atomic E-state index is 11.8. The van der Waals surface area contributed by atoms with Gasteiger partial charge in [-0.15, -0.1) is 0 Å². The molecule has 0 radical (unpaired) electrons. The molecule has 1 aromatic carbocycles. The first-order valence-corrected chi connectivity index (χ1v) is 5.04. The summed E-state index contributed by atoms with van der Waals surface area (Å²) in [6.45, 7) is 0. The zero-order valence-corrected chi connectivity index (χ0v) is 8.76. The van der Waals surface area contributed by atoms with Crippen molar-refractivity contribution in [1.82, 2.24) is 4.98 Å². The summed E-state index contributed by atoms with van der Waals surface area (Å²) < 4.78 is 0. The standard InChI is InChI=1S/C13H12N2O/c14-11-6-7-15-12(8-11)9-13(16)10-4-2-1-3-5-10/h1-8H,9H2,(H2,14,15). The van der Waals surface area contributed by atoms with E-state index in [4.69, 9.17) is 5.73 Å². The van der Waals surface area contributed by atoms with Gasteiger partial charge in [-0.1, -0.05) is 30.3 Å². The quantitative estimate of drug-likeness (QED) is 0.792. The van der Waals surface area contributed by atoms with E-state index in [9.17, 15) is 4.79 Å². The lowest BCUT2D eigenvalue weighted by Crippen LogP contribution is -2.05. The van der Waals surface area contributed by atoms with E-state index in [2.05, 4.69) is 4.98 Å². The van der Waals surface area contributed by atoms with Crippen LogP contribution in [0.3, 0.4) is 0 Å². The van der Waals surface area contributed by atoms with Gasteiger partial charge in [-0.3, -0.25) is 9.78 Å². The molecule has 0 amide bonds. The number of nitrogen functional groups attached to an aromatic ring is 1. The normalized spacial score (nSPS) is 10.0. The summed E-state index contributed by atoms with van der Waals surface area (Å²) in [6.07, 6.45) is 1.90. The minimum Gasteiger partial charge on any atom is -0.399 e. The Bertz CT molecular complexity index is 494. The van der Waals surface area contributed by atoms with Crippen LogP contribution in [0.2, 0.25) is 0 Å². The van der Waals surface area contributed by atoms with Crippen LogP contribution in [0.4, 0.5) is 5.69 Å². The van der Waals surface area contributed by atoms with E-state index < -0.39 is 0 Å². The topological polar surface area (TPSA) is 56.0 Å². The highest BCUT2D eigenvalue weighted by Crippen LogP contribution is 2.08. The van der Waals surface area contributed by atoms with E-state index >= 15 is 0 Å². The third-order valence-corrected chi connectivity index (χ3v) is 2.28. The lowest BCUT2D eigenvalue weighted by Gasteiger charge is -2.01. The van der Waals surface area contributed by atoms with E-state index in [0.717, 1.165) is 0 Å². The summed E-state index contributed by atoms with van der Waals surface area (Å²) >= 11 is 0. The van der Waals surface area contributed by atoms with Crippen LogP contribution in [0.25, 0.3) is 0 Å². The summed E-state index contributed by atoms with van der Waals surface area (Å²) in [4.78, 5) is 15.9. The Morgan fingerprint density at radius 1 is 1.19 bits per heavy atom. The number of ketones is 1. The number of anilines is 1. The minimum absolute atomic E-state index is 0.0544. The molecule has 2 rings (SSSR count). The van der Waals surface area contributed by atoms with Crippen molar-refractivity contribution in [2.75, 3.05) is 5.73 Å². The molecule has 0 saturated carbocycles. The molecular formula is C13H12N2O. The molecule has 3 nitrogen and oxygen atoms in total. The molecule has 0 atom stereocenters. The predicted octanol–water partition coefficient (Wildman–Crippen LogP) is 2.09. The van der Waals surface area contributed by atoms with Gasteiger partial charge in [-0.05, 0) is 12.1 Å². The van der Waals surface area contributed by atoms with Crippen LogP contribution < -0.4 is 5.73 Å². The molecule has 0 spiro atoms. The number of hydrogen-bond acceptors (Lipinski definition) is 3. The van der Waals surface area contributed by atoms with E-state index in [-0.39, 0.29) is 12.2 Å². The molecule has 16 heavy (non-hydrogen) atoms. The average molecular weight is 212 g/mol. The maximum atomic E-state index is 11.8. The molecule has 0 aliphatic heterocycles. The molecule has 0 saturated heterocycles. The lowest BCUT2D eigenvalue weighted by atomic mass is 10.1. The second-order valence-electron chi connectivity index (χ2n) is 3.55. The summed E-state index contributed by atoms with van der Waals surface area (Å²) in [5.41, 5.74) is 7.66. The average Bonchev–Trinajstić information content (AvgIpc) is 2.30. The van der Waals surface area contributed by atoms with Crippen molar-refractivity contribution in [2.45, 2.75) is 6.42 Å². The first-order chi connectivity index (χ1) is 7.75. The molecule has 80 valence electrons. The molecule has 0 unspecified atom stereocenters. The monoisotopic (exact) mass is 212 g/mol. The second kappa shape index (κ2) is 4.57. The fourth-order valence-electron chi connectivity index (χ4n) is 1.48. The number of benzene rings is 1. The van der Waals surface area contributed by atoms with E-state index in [1.807, 2.05) is 18.2 Å². The zero-order chi connectivity index (χ0) is 11.4. The van der Waals surface area contributed by atoms with Crippen LogP contribution in [0.15, 0.2) is 48.7 Å². The third-order valence-electron chi connectivity index (χ3n) is 2.28. The van der Waals surface area contributed by atoms with Crippen LogP contribution >= 0.6 is 0 Å². The van der Waals surface area contributed by atoms with Crippen molar-refractivity contribution >= 4 is 11.5 Å². The van der Waals surface area contributed by atoms with Crippen molar-refractivity contribution in [3.63, 3.8) is 0 Å². The third kappa shape index (κ3) is 2.45. The van der Waals surface area contributed by atoms with Crippen LogP contribution in [-0.2, 0) is 6.42 Å². The SMILES string of the molecule is Nc1ccnc(CC(=O)c2ccccc2)c1. The zero-order valence-electron chi connectivity index (χ0n) is 8.76. The number of nitrogens with zero attached hydrogens (tertiary/aromatic N) is 1. The number of carbonyl (C=O) groups is 1. The van der Waals surface area contributed by atoms with Crippen LogP contribution in [-0.4, -0.2) is 10.8 Å². The van der Waals surface area contributed by atoms with E-state index in [1.165, 1.54) is 0 Å². The molecular weight excluding hydrogens is 200 g/mol. The molecule has 2 aromatic rings. The number of nitrogens with two attached hydrogens (primary N) is 1. The smallest absolute Gasteiger partial charge is 0.168 e. The number of pyridine rings is 1. The van der Waals surface area contributed by atoms with Gasteiger partial charge < -0.3 is 5.73 Å². The van der Waals surface area contributed by atoms with Gasteiger partial charge in [0, 0.05) is 17.4 Å². The number of Topliss-reactive ketones (excluding diaryl/α,β-unsaturated/α-hetero) is 1. The number of carbonyl (C=O) groups excluding carboxylic acids is 1. The number of hydrogen-bond donors (Lipinski definition) is 1. The summed E-state index contributed by atoms with van der Waals surface area (Å²) in [7, 11) is 0. The van der Waals surface area contributed by atoms with Crippen LogP contribution in [0.5, 0.6) is 0 Å². The molecule has 0 aliphatic carbocycles.